The van der Waals surface area contributed by atoms with E-state index in [2.05, 4.69) is 5.32 Å². The number of imide groups is 1. The molecule has 2 fully saturated rings. The number of hydrogen-bond donors (Lipinski definition) is 2. The number of nitrogens with one attached hydrogen (secondary N) is 1. The molecular formula is C23H23N5O6. The minimum Gasteiger partial charge on any atom is -0.368 e. The molecule has 0 bridgehead atoms. The monoisotopic (exact) mass is 465 g/mol. The van der Waals surface area contributed by atoms with Gasteiger partial charge in [-0.3, -0.25) is 24.5 Å². The number of carbonyl (C=O) groups is 4. The maximum absolute atomic E-state index is 13.6. The fraction of sp³-hybridized carbons (Fsp3) is 0.304. The molecule has 2 aromatic carbocycles. The van der Waals surface area contributed by atoms with Crippen LogP contribution in [0.1, 0.15) is 25.5 Å². The van der Waals surface area contributed by atoms with E-state index in [1.165, 1.54) is 23.1 Å². The summed E-state index contributed by atoms with van der Waals surface area (Å²) in [6, 6.07) is 10.5. The molecule has 34 heavy (non-hydrogen) atoms. The van der Waals surface area contributed by atoms with Crippen molar-refractivity contribution in [2.75, 3.05) is 4.90 Å². The number of nitro groups is 1. The maximum atomic E-state index is 13.6. The lowest BCUT2D eigenvalue weighted by Crippen LogP contribution is -2.54. The molecule has 4 rings (SSSR count). The van der Waals surface area contributed by atoms with Crippen molar-refractivity contribution < 1.29 is 24.1 Å². The first-order valence-electron chi connectivity index (χ1n) is 10.7. The first kappa shape index (κ1) is 22.9. The molecule has 5 amide bonds. The number of nitrogens with zero attached hydrogens (tertiary/aromatic N) is 3. The van der Waals surface area contributed by atoms with Crippen LogP contribution >= 0.6 is 0 Å². The van der Waals surface area contributed by atoms with E-state index in [1.807, 2.05) is 0 Å². The molecule has 176 valence electrons. The van der Waals surface area contributed by atoms with Crippen molar-refractivity contribution in [1.82, 2.24) is 10.2 Å². The quantitative estimate of drug-likeness (QED) is 0.389. The smallest absolute Gasteiger partial charge is 0.318 e. The molecule has 0 aromatic heterocycles. The molecule has 3 N–H and O–H groups in total. The largest absolute Gasteiger partial charge is 0.368 e. The van der Waals surface area contributed by atoms with Crippen LogP contribution in [-0.2, 0) is 14.4 Å². The number of primary amides is 1. The number of fused-ring (bicyclic) bond motifs is 1. The fourth-order valence-corrected chi connectivity index (χ4v) is 4.80. The Kier molecular flexibility index (Phi) is 5.78. The Morgan fingerprint density at radius 2 is 1.68 bits per heavy atom. The Morgan fingerprint density at radius 1 is 1.03 bits per heavy atom. The molecule has 11 nitrogen and oxygen atoms in total. The van der Waals surface area contributed by atoms with E-state index in [4.69, 9.17) is 5.73 Å². The third-order valence-electron chi connectivity index (χ3n) is 6.06. The summed E-state index contributed by atoms with van der Waals surface area (Å²) in [6.45, 7) is 3.48. The van der Waals surface area contributed by atoms with Gasteiger partial charge < -0.3 is 16.0 Å². The van der Waals surface area contributed by atoms with Gasteiger partial charge in [-0.15, -0.1) is 0 Å². The van der Waals surface area contributed by atoms with Crippen LogP contribution in [0.15, 0.2) is 54.6 Å². The van der Waals surface area contributed by atoms with Crippen molar-refractivity contribution >= 4 is 35.1 Å². The van der Waals surface area contributed by atoms with Gasteiger partial charge in [-0.2, -0.15) is 0 Å². The summed E-state index contributed by atoms with van der Waals surface area (Å²) in [5, 5.41) is 13.9. The Bertz CT molecular complexity index is 1180. The number of nitrogens with two attached hydrogens (primary N) is 1. The summed E-state index contributed by atoms with van der Waals surface area (Å²) < 4.78 is 0. The first-order valence-corrected chi connectivity index (χ1v) is 10.7. The molecule has 0 saturated carbocycles. The van der Waals surface area contributed by atoms with Crippen molar-refractivity contribution in [3.63, 3.8) is 0 Å². The van der Waals surface area contributed by atoms with Crippen LogP contribution in [0.2, 0.25) is 0 Å². The lowest BCUT2D eigenvalue weighted by atomic mass is 9.86. The second kappa shape index (κ2) is 8.58. The van der Waals surface area contributed by atoms with Gasteiger partial charge >= 0.3 is 6.03 Å². The summed E-state index contributed by atoms with van der Waals surface area (Å²) in [4.78, 5) is 65.6. The number of carbonyl (C=O) groups excluding carboxylic acids is 4. The normalized spacial score (nSPS) is 23.9. The zero-order chi connectivity index (χ0) is 24.7. The molecule has 4 unspecified atom stereocenters. The van der Waals surface area contributed by atoms with Gasteiger partial charge in [0.15, 0.2) is 0 Å². The fourth-order valence-electron chi connectivity index (χ4n) is 4.80. The van der Waals surface area contributed by atoms with E-state index >= 15 is 0 Å². The Hall–Kier alpha value is -4.28. The number of rotatable bonds is 5. The van der Waals surface area contributed by atoms with Gasteiger partial charge in [-0.1, -0.05) is 36.4 Å². The topological polar surface area (TPSA) is 156 Å². The van der Waals surface area contributed by atoms with E-state index in [9.17, 15) is 29.3 Å². The number of non-ortho nitro benzene ring substituents is 1. The predicted molar refractivity (Wildman–Crippen MR) is 120 cm³/mol. The van der Waals surface area contributed by atoms with Crippen LogP contribution in [0.5, 0.6) is 0 Å². The van der Waals surface area contributed by atoms with Crippen molar-refractivity contribution in [2.24, 2.45) is 17.6 Å². The predicted octanol–water partition coefficient (Wildman–Crippen LogP) is 1.73. The standard InChI is InChI=1S/C23H23N5O6/c1-12(2)25-23(32)27-18(13-7-4-3-5-8-13)16-17(19(27)20(24)29)22(31)26(21(16)30)14-9-6-10-15(11-14)28(33)34/h3-12,16-19H,1-2H3,(H2,24,29)(H,25,32). The molecule has 2 saturated heterocycles. The number of anilines is 1. The average molecular weight is 465 g/mol. The SMILES string of the molecule is CC(C)NC(=O)N1C(C(N)=O)C2C(=O)N(c3cccc([N+](=O)[O-])c3)C(=O)C2C1c1ccccc1. The average Bonchev–Trinajstić information content (AvgIpc) is 3.27. The Morgan fingerprint density at radius 3 is 2.26 bits per heavy atom. The van der Waals surface area contributed by atoms with Crippen LogP contribution in [0, 0.1) is 22.0 Å². The third-order valence-corrected chi connectivity index (χ3v) is 6.06. The summed E-state index contributed by atoms with van der Waals surface area (Å²) >= 11 is 0. The van der Waals surface area contributed by atoms with Gasteiger partial charge in [-0.25, -0.2) is 9.69 Å². The van der Waals surface area contributed by atoms with Crippen LogP contribution in [-0.4, -0.2) is 45.7 Å². The van der Waals surface area contributed by atoms with E-state index < -0.39 is 52.6 Å². The van der Waals surface area contributed by atoms with Crippen molar-refractivity contribution in [3.8, 4) is 0 Å². The highest BCUT2D eigenvalue weighted by molar-refractivity contribution is 6.24. The van der Waals surface area contributed by atoms with Gasteiger partial charge in [0.1, 0.15) is 6.04 Å². The molecule has 0 spiro atoms. The lowest BCUT2D eigenvalue weighted by molar-refractivity contribution is -0.384. The van der Waals surface area contributed by atoms with E-state index in [0.29, 0.717) is 5.56 Å². The number of likely N-dealkylation sites (tertiary alicyclic amines) is 1. The van der Waals surface area contributed by atoms with E-state index in [0.717, 1.165) is 11.0 Å². The van der Waals surface area contributed by atoms with Crippen LogP contribution in [0.25, 0.3) is 0 Å². The molecule has 2 aliphatic heterocycles. The maximum Gasteiger partial charge on any atom is 0.318 e. The first-order chi connectivity index (χ1) is 16.1. The van der Waals surface area contributed by atoms with Crippen LogP contribution in [0.4, 0.5) is 16.2 Å². The number of hydrogen-bond acceptors (Lipinski definition) is 6. The summed E-state index contributed by atoms with van der Waals surface area (Å²) in [6.07, 6.45) is 0. The molecule has 2 aromatic rings. The highest BCUT2D eigenvalue weighted by atomic mass is 16.6. The van der Waals surface area contributed by atoms with Crippen molar-refractivity contribution in [1.29, 1.82) is 0 Å². The highest BCUT2D eigenvalue weighted by Crippen LogP contribution is 2.50. The second-order valence-electron chi connectivity index (χ2n) is 8.55. The molecule has 4 atom stereocenters. The van der Waals surface area contributed by atoms with Gasteiger partial charge in [-0.05, 0) is 25.5 Å². The molecule has 2 aliphatic rings. The van der Waals surface area contributed by atoms with E-state index in [1.54, 1.807) is 44.2 Å². The van der Waals surface area contributed by atoms with Gasteiger partial charge in [0.2, 0.25) is 17.7 Å². The summed E-state index contributed by atoms with van der Waals surface area (Å²) in [5.74, 6) is -4.64. The van der Waals surface area contributed by atoms with Crippen LogP contribution < -0.4 is 16.0 Å². The Labute approximate surface area is 194 Å². The molecule has 11 heteroatoms. The van der Waals surface area contributed by atoms with Crippen molar-refractivity contribution in [3.05, 3.63) is 70.3 Å². The number of benzene rings is 2. The van der Waals surface area contributed by atoms with Gasteiger partial charge in [0.25, 0.3) is 5.69 Å². The minimum atomic E-state index is -1.38. The summed E-state index contributed by atoms with van der Waals surface area (Å²) in [7, 11) is 0. The number of amides is 5. The Balaban J connectivity index is 1.85. The zero-order valence-electron chi connectivity index (χ0n) is 18.5. The highest BCUT2D eigenvalue weighted by Gasteiger charge is 2.65. The summed E-state index contributed by atoms with van der Waals surface area (Å²) in [5.41, 5.74) is 5.96. The van der Waals surface area contributed by atoms with E-state index in [-0.39, 0.29) is 17.4 Å². The molecule has 2 heterocycles. The van der Waals surface area contributed by atoms with Crippen molar-refractivity contribution in [2.45, 2.75) is 32.0 Å². The zero-order valence-corrected chi connectivity index (χ0v) is 18.5. The number of nitro benzene ring substituents is 1. The molecule has 0 radical (unpaired) electrons. The lowest BCUT2D eigenvalue weighted by Gasteiger charge is -2.33. The third kappa shape index (κ3) is 3.64. The minimum absolute atomic E-state index is 0.0202. The van der Waals surface area contributed by atoms with Gasteiger partial charge in [0.05, 0.1) is 28.5 Å². The van der Waals surface area contributed by atoms with Gasteiger partial charge in [0, 0.05) is 18.2 Å². The molecular weight excluding hydrogens is 442 g/mol. The number of urea groups is 1. The molecule has 0 aliphatic carbocycles. The van der Waals surface area contributed by atoms with Crippen LogP contribution in [0.3, 0.4) is 0 Å². The second-order valence-corrected chi connectivity index (χ2v) is 8.55.